The fourth-order valence-corrected chi connectivity index (χ4v) is 2.01. The zero-order chi connectivity index (χ0) is 12.3. The zero-order valence-corrected chi connectivity index (χ0v) is 9.95. The molecule has 0 amide bonds. The van der Waals surface area contributed by atoms with Gasteiger partial charge in [0.1, 0.15) is 5.82 Å². The van der Waals surface area contributed by atoms with Crippen LogP contribution in [0.5, 0.6) is 0 Å². The standard InChI is InChI=1S/C13H13ClFNO/c14-12-2-1-3-13(15)11(12)7-10(16)6-9-4-5-17-8-9/h1-5,8,10H,6-7,16H2. The molecule has 1 heterocycles. The van der Waals surface area contributed by atoms with Gasteiger partial charge in [-0.05, 0) is 36.6 Å². The maximum atomic E-state index is 13.5. The lowest BCUT2D eigenvalue weighted by atomic mass is 10.0. The summed E-state index contributed by atoms with van der Waals surface area (Å²) >= 11 is 5.94. The summed E-state index contributed by atoms with van der Waals surface area (Å²) in [5.74, 6) is -0.305. The second kappa shape index (κ2) is 5.34. The molecule has 0 fully saturated rings. The molecule has 0 aliphatic rings. The quantitative estimate of drug-likeness (QED) is 0.909. The Morgan fingerprint density at radius 3 is 2.76 bits per heavy atom. The van der Waals surface area contributed by atoms with E-state index in [4.69, 9.17) is 21.8 Å². The van der Waals surface area contributed by atoms with E-state index < -0.39 is 0 Å². The van der Waals surface area contributed by atoms with E-state index in [1.54, 1.807) is 24.7 Å². The predicted octanol–water partition coefficient (Wildman–Crippen LogP) is 3.18. The molecule has 1 atom stereocenters. The number of hydrogen-bond donors (Lipinski definition) is 1. The molecule has 0 saturated heterocycles. The first-order valence-corrected chi connectivity index (χ1v) is 5.74. The normalized spacial score (nSPS) is 12.6. The van der Waals surface area contributed by atoms with E-state index in [9.17, 15) is 4.39 Å². The molecule has 2 aromatic rings. The molecule has 0 aliphatic heterocycles. The van der Waals surface area contributed by atoms with Crippen LogP contribution in [0.4, 0.5) is 4.39 Å². The van der Waals surface area contributed by atoms with Gasteiger partial charge in [0.25, 0.3) is 0 Å². The first kappa shape index (κ1) is 12.1. The van der Waals surface area contributed by atoms with E-state index in [1.807, 2.05) is 6.07 Å². The van der Waals surface area contributed by atoms with Crippen molar-refractivity contribution in [1.29, 1.82) is 0 Å². The maximum Gasteiger partial charge on any atom is 0.127 e. The minimum atomic E-state index is -0.305. The van der Waals surface area contributed by atoms with Crippen molar-refractivity contribution in [3.63, 3.8) is 0 Å². The third-order valence-electron chi connectivity index (χ3n) is 2.61. The first-order valence-electron chi connectivity index (χ1n) is 5.36. The number of hydrogen-bond acceptors (Lipinski definition) is 2. The van der Waals surface area contributed by atoms with Crippen LogP contribution in [-0.4, -0.2) is 6.04 Å². The molecule has 1 aromatic heterocycles. The largest absolute Gasteiger partial charge is 0.472 e. The van der Waals surface area contributed by atoms with Crippen LogP contribution in [0, 0.1) is 5.82 Å². The van der Waals surface area contributed by atoms with Crippen molar-refractivity contribution in [1.82, 2.24) is 0 Å². The minimum absolute atomic E-state index is 0.179. The molecule has 0 bridgehead atoms. The summed E-state index contributed by atoms with van der Waals surface area (Å²) in [7, 11) is 0. The maximum absolute atomic E-state index is 13.5. The molecular formula is C13H13ClFNO. The Kier molecular flexibility index (Phi) is 3.82. The summed E-state index contributed by atoms with van der Waals surface area (Å²) < 4.78 is 18.5. The first-order chi connectivity index (χ1) is 8.16. The molecule has 2 N–H and O–H groups in total. The Balaban J connectivity index is 2.05. The average Bonchev–Trinajstić information content (AvgIpc) is 2.76. The Bertz CT molecular complexity index is 464. The summed E-state index contributed by atoms with van der Waals surface area (Å²) in [6.45, 7) is 0. The topological polar surface area (TPSA) is 39.2 Å². The van der Waals surface area contributed by atoms with Gasteiger partial charge < -0.3 is 10.2 Å². The van der Waals surface area contributed by atoms with Crippen LogP contribution in [0.3, 0.4) is 0 Å². The lowest BCUT2D eigenvalue weighted by Crippen LogP contribution is -2.26. The van der Waals surface area contributed by atoms with Crippen molar-refractivity contribution in [3.8, 4) is 0 Å². The van der Waals surface area contributed by atoms with Crippen LogP contribution < -0.4 is 5.73 Å². The minimum Gasteiger partial charge on any atom is -0.472 e. The molecule has 0 aliphatic carbocycles. The van der Waals surface area contributed by atoms with Gasteiger partial charge in [0.05, 0.1) is 12.5 Å². The van der Waals surface area contributed by atoms with Crippen LogP contribution in [0.15, 0.2) is 41.2 Å². The van der Waals surface area contributed by atoms with Crippen molar-refractivity contribution in [2.24, 2.45) is 5.73 Å². The molecule has 17 heavy (non-hydrogen) atoms. The van der Waals surface area contributed by atoms with Gasteiger partial charge >= 0.3 is 0 Å². The molecule has 0 spiro atoms. The van der Waals surface area contributed by atoms with Gasteiger partial charge in [-0.1, -0.05) is 17.7 Å². The second-order valence-corrected chi connectivity index (χ2v) is 4.41. The number of halogens is 2. The van der Waals surface area contributed by atoms with Gasteiger partial charge in [-0.3, -0.25) is 0 Å². The van der Waals surface area contributed by atoms with Crippen molar-refractivity contribution in [2.75, 3.05) is 0 Å². The fraction of sp³-hybridized carbons (Fsp3) is 0.231. The van der Waals surface area contributed by atoms with Gasteiger partial charge in [-0.25, -0.2) is 4.39 Å². The number of nitrogens with two attached hydrogens (primary N) is 1. The number of benzene rings is 1. The van der Waals surface area contributed by atoms with E-state index in [2.05, 4.69) is 0 Å². The second-order valence-electron chi connectivity index (χ2n) is 4.00. The average molecular weight is 254 g/mol. The van der Waals surface area contributed by atoms with Gasteiger partial charge in [0, 0.05) is 16.6 Å². The van der Waals surface area contributed by atoms with Crippen LogP contribution in [-0.2, 0) is 12.8 Å². The van der Waals surface area contributed by atoms with Gasteiger partial charge in [-0.2, -0.15) is 0 Å². The summed E-state index contributed by atoms with van der Waals surface area (Å²) in [5.41, 5.74) is 7.45. The van der Waals surface area contributed by atoms with E-state index in [1.165, 1.54) is 6.07 Å². The molecule has 0 radical (unpaired) electrons. The van der Waals surface area contributed by atoms with Crippen LogP contribution >= 0.6 is 11.6 Å². The molecular weight excluding hydrogens is 241 g/mol. The number of rotatable bonds is 4. The molecule has 90 valence electrons. The van der Waals surface area contributed by atoms with Gasteiger partial charge in [0.15, 0.2) is 0 Å². The van der Waals surface area contributed by atoms with E-state index >= 15 is 0 Å². The smallest absolute Gasteiger partial charge is 0.127 e. The van der Waals surface area contributed by atoms with Gasteiger partial charge in [-0.15, -0.1) is 0 Å². The number of furan rings is 1. The third kappa shape index (κ3) is 3.08. The van der Waals surface area contributed by atoms with E-state index in [0.29, 0.717) is 23.4 Å². The highest BCUT2D eigenvalue weighted by Gasteiger charge is 2.12. The SMILES string of the molecule is NC(Cc1ccoc1)Cc1c(F)cccc1Cl. The Labute approximate surface area is 104 Å². The summed E-state index contributed by atoms with van der Waals surface area (Å²) in [4.78, 5) is 0. The lowest BCUT2D eigenvalue weighted by molar-refractivity contribution is 0.556. The van der Waals surface area contributed by atoms with Crippen molar-refractivity contribution < 1.29 is 8.81 Å². The van der Waals surface area contributed by atoms with E-state index in [-0.39, 0.29) is 11.9 Å². The molecule has 2 rings (SSSR count). The highest BCUT2D eigenvalue weighted by Crippen LogP contribution is 2.21. The monoisotopic (exact) mass is 253 g/mol. The lowest BCUT2D eigenvalue weighted by Gasteiger charge is -2.12. The van der Waals surface area contributed by atoms with Crippen LogP contribution in [0.1, 0.15) is 11.1 Å². The Morgan fingerprint density at radius 1 is 1.29 bits per heavy atom. The highest BCUT2D eigenvalue weighted by atomic mass is 35.5. The highest BCUT2D eigenvalue weighted by molar-refractivity contribution is 6.31. The summed E-state index contributed by atoms with van der Waals surface area (Å²) in [6, 6.07) is 6.32. The predicted molar refractivity (Wildman–Crippen MR) is 65.5 cm³/mol. The molecule has 1 unspecified atom stereocenters. The van der Waals surface area contributed by atoms with Gasteiger partial charge in [0.2, 0.25) is 0 Å². The fourth-order valence-electron chi connectivity index (χ4n) is 1.77. The van der Waals surface area contributed by atoms with E-state index in [0.717, 1.165) is 5.56 Å². The molecule has 2 nitrogen and oxygen atoms in total. The summed E-state index contributed by atoms with van der Waals surface area (Å²) in [6.07, 6.45) is 4.29. The Morgan fingerprint density at radius 2 is 2.12 bits per heavy atom. The van der Waals surface area contributed by atoms with Crippen LogP contribution in [0.25, 0.3) is 0 Å². The summed E-state index contributed by atoms with van der Waals surface area (Å²) in [5, 5.41) is 0.424. The van der Waals surface area contributed by atoms with Crippen molar-refractivity contribution in [3.05, 3.63) is 58.8 Å². The molecule has 1 aromatic carbocycles. The molecule has 0 saturated carbocycles. The Hall–Kier alpha value is -1.32. The zero-order valence-electron chi connectivity index (χ0n) is 9.20. The van der Waals surface area contributed by atoms with Crippen molar-refractivity contribution in [2.45, 2.75) is 18.9 Å². The molecule has 4 heteroatoms. The van der Waals surface area contributed by atoms with Crippen molar-refractivity contribution >= 4 is 11.6 Å². The van der Waals surface area contributed by atoms with Crippen LogP contribution in [0.2, 0.25) is 5.02 Å². The third-order valence-corrected chi connectivity index (χ3v) is 2.96.